The summed E-state index contributed by atoms with van der Waals surface area (Å²) in [5.74, 6) is 2.07. The molecular weight excluding hydrogens is 224 g/mol. The van der Waals surface area contributed by atoms with Crippen LogP contribution in [-0.2, 0) is 0 Å². The van der Waals surface area contributed by atoms with Crippen molar-refractivity contribution in [1.82, 2.24) is 15.2 Å². The first-order valence-corrected chi connectivity index (χ1v) is 5.60. The molecule has 0 saturated heterocycles. The lowest BCUT2D eigenvalue weighted by molar-refractivity contribution is 0.935. The zero-order valence-corrected chi connectivity index (χ0v) is 9.33. The highest BCUT2D eigenvalue weighted by Gasteiger charge is 2.27. The van der Waals surface area contributed by atoms with Gasteiger partial charge in [0.15, 0.2) is 5.82 Å². The van der Waals surface area contributed by atoms with Crippen LogP contribution in [0.5, 0.6) is 0 Å². The Labute approximate surface area is 97.8 Å². The van der Waals surface area contributed by atoms with Gasteiger partial charge in [0.2, 0.25) is 0 Å². The van der Waals surface area contributed by atoms with Crippen LogP contribution in [-0.4, -0.2) is 15.2 Å². The van der Waals surface area contributed by atoms with Crippen molar-refractivity contribution in [1.29, 1.82) is 0 Å². The Balaban J connectivity index is 2.06. The van der Waals surface area contributed by atoms with Gasteiger partial charge in [0.1, 0.15) is 5.82 Å². The molecule has 0 radical (unpaired) electrons. The van der Waals surface area contributed by atoms with E-state index in [4.69, 9.17) is 17.3 Å². The third-order valence-electron chi connectivity index (χ3n) is 2.74. The number of H-pyrrole nitrogens is 1. The number of nitrogens with zero attached hydrogens (tertiary/aromatic N) is 2. The molecule has 1 aliphatic rings. The highest BCUT2D eigenvalue weighted by molar-refractivity contribution is 6.33. The van der Waals surface area contributed by atoms with Crippen molar-refractivity contribution in [3.63, 3.8) is 0 Å². The quantitative estimate of drug-likeness (QED) is 0.785. The van der Waals surface area contributed by atoms with E-state index >= 15 is 0 Å². The summed E-state index contributed by atoms with van der Waals surface area (Å²) in [5.41, 5.74) is 7.20. The molecule has 82 valence electrons. The summed E-state index contributed by atoms with van der Waals surface area (Å²) < 4.78 is 0. The van der Waals surface area contributed by atoms with E-state index in [9.17, 15) is 0 Å². The maximum Gasteiger partial charge on any atom is 0.184 e. The summed E-state index contributed by atoms with van der Waals surface area (Å²) >= 11 is 6.09. The normalized spacial score (nSPS) is 15.3. The van der Waals surface area contributed by atoms with Crippen LogP contribution < -0.4 is 5.73 Å². The maximum absolute atomic E-state index is 6.09. The zero-order chi connectivity index (χ0) is 11.1. The summed E-state index contributed by atoms with van der Waals surface area (Å²) in [6.45, 7) is 0. The second-order valence-corrected chi connectivity index (χ2v) is 4.43. The zero-order valence-electron chi connectivity index (χ0n) is 8.57. The molecule has 5 heteroatoms. The summed E-state index contributed by atoms with van der Waals surface area (Å²) in [6, 6.07) is 5.41. The van der Waals surface area contributed by atoms with Crippen molar-refractivity contribution in [2.24, 2.45) is 0 Å². The van der Waals surface area contributed by atoms with E-state index < -0.39 is 0 Å². The van der Waals surface area contributed by atoms with Gasteiger partial charge >= 0.3 is 0 Å². The van der Waals surface area contributed by atoms with Gasteiger partial charge in [-0.25, -0.2) is 4.98 Å². The molecule has 3 N–H and O–H groups in total. The number of hydrogen-bond acceptors (Lipinski definition) is 3. The van der Waals surface area contributed by atoms with Crippen molar-refractivity contribution in [3.05, 3.63) is 29.0 Å². The molecule has 1 heterocycles. The molecule has 1 aromatic carbocycles. The van der Waals surface area contributed by atoms with E-state index in [-0.39, 0.29) is 0 Å². The van der Waals surface area contributed by atoms with Crippen LogP contribution in [0.4, 0.5) is 5.69 Å². The molecule has 3 rings (SSSR count). The highest BCUT2D eigenvalue weighted by Crippen LogP contribution is 2.39. The average molecular weight is 235 g/mol. The number of nitrogens with two attached hydrogens (primary N) is 1. The van der Waals surface area contributed by atoms with Crippen molar-refractivity contribution in [2.45, 2.75) is 18.8 Å². The van der Waals surface area contributed by atoms with Gasteiger partial charge in [0, 0.05) is 11.6 Å². The van der Waals surface area contributed by atoms with Gasteiger partial charge in [0.25, 0.3) is 0 Å². The fourth-order valence-corrected chi connectivity index (χ4v) is 1.97. The number of aromatic amines is 1. The van der Waals surface area contributed by atoms with Crippen LogP contribution >= 0.6 is 11.6 Å². The van der Waals surface area contributed by atoms with Gasteiger partial charge < -0.3 is 5.73 Å². The molecule has 1 aliphatic carbocycles. The van der Waals surface area contributed by atoms with Crippen LogP contribution in [0, 0.1) is 0 Å². The predicted molar refractivity (Wildman–Crippen MR) is 63.2 cm³/mol. The maximum atomic E-state index is 6.09. The van der Waals surface area contributed by atoms with E-state index in [1.165, 1.54) is 12.8 Å². The van der Waals surface area contributed by atoms with Gasteiger partial charge in [-0.3, -0.25) is 5.10 Å². The average Bonchev–Trinajstić information content (AvgIpc) is 2.99. The lowest BCUT2D eigenvalue weighted by Gasteiger charge is -2.02. The van der Waals surface area contributed by atoms with Crippen LogP contribution in [0.3, 0.4) is 0 Å². The largest absolute Gasteiger partial charge is 0.398 e. The van der Waals surface area contributed by atoms with Crippen LogP contribution in [0.15, 0.2) is 18.2 Å². The molecule has 0 unspecified atom stereocenters. The molecule has 1 aromatic heterocycles. The molecule has 0 atom stereocenters. The minimum Gasteiger partial charge on any atom is -0.398 e. The molecule has 0 aliphatic heterocycles. The van der Waals surface area contributed by atoms with E-state index in [1.807, 2.05) is 6.07 Å². The van der Waals surface area contributed by atoms with Crippen molar-refractivity contribution in [3.8, 4) is 11.4 Å². The molecule has 4 nitrogen and oxygen atoms in total. The minimum absolute atomic E-state index is 0.546. The summed E-state index contributed by atoms with van der Waals surface area (Å²) in [7, 11) is 0. The third kappa shape index (κ3) is 1.55. The molecule has 16 heavy (non-hydrogen) atoms. The standard InChI is InChI=1S/C11H11ClN4/c12-7-2-1-3-8(13)9(7)11-14-10(15-16-11)6-4-5-6/h1-3,6H,4-5,13H2,(H,14,15,16). The van der Waals surface area contributed by atoms with Crippen molar-refractivity contribution >= 4 is 17.3 Å². The minimum atomic E-state index is 0.546. The Kier molecular flexibility index (Phi) is 2.11. The van der Waals surface area contributed by atoms with Gasteiger partial charge in [-0.2, -0.15) is 5.10 Å². The third-order valence-corrected chi connectivity index (χ3v) is 3.05. The Hall–Kier alpha value is -1.55. The van der Waals surface area contributed by atoms with E-state index in [0.717, 1.165) is 5.82 Å². The Morgan fingerprint density at radius 3 is 2.88 bits per heavy atom. The van der Waals surface area contributed by atoms with Crippen LogP contribution in [0.25, 0.3) is 11.4 Å². The fourth-order valence-electron chi connectivity index (χ4n) is 1.70. The van der Waals surface area contributed by atoms with E-state index in [2.05, 4.69) is 15.2 Å². The topological polar surface area (TPSA) is 67.6 Å². The number of hydrogen-bond donors (Lipinski definition) is 2. The molecule has 1 saturated carbocycles. The number of rotatable bonds is 2. The second kappa shape index (κ2) is 3.49. The second-order valence-electron chi connectivity index (χ2n) is 4.02. The van der Waals surface area contributed by atoms with Gasteiger partial charge in [-0.05, 0) is 25.0 Å². The lowest BCUT2D eigenvalue weighted by Crippen LogP contribution is -1.92. The number of halogens is 1. The lowest BCUT2D eigenvalue weighted by atomic mass is 10.1. The Bertz CT molecular complexity index is 510. The number of aromatic nitrogens is 3. The van der Waals surface area contributed by atoms with Crippen LogP contribution in [0.2, 0.25) is 5.02 Å². The van der Waals surface area contributed by atoms with E-state index in [1.54, 1.807) is 12.1 Å². The summed E-state index contributed by atoms with van der Waals surface area (Å²) in [6.07, 6.45) is 2.37. The summed E-state index contributed by atoms with van der Waals surface area (Å²) in [5, 5.41) is 7.70. The molecule has 0 bridgehead atoms. The number of benzene rings is 1. The molecular formula is C11H11ClN4. The SMILES string of the molecule is Nc1cccc(Cl)c1-c1n[nH]c(C2CC2)n1. The smallest absolute Gasteiger partial charge is 0.184 e. The molecule has 1 fully saturated rings. The van der Waals surface area contributed by atoms with Crippen molar-refractivity contribution < 1.29 is 0 Å². The van der Waals surface area contributed by atoms with Gasteiger partial charge in [-0.1, -0.05) is 17.7 Å². The monoisotopic (exact) mass is 234 g/mol. The number of nitrogen functional groups attached to an aromatic ring is 1. The van der Waals surface area contributed by atoms with Gasteiger partial charge in [0.05, 0.1) is 10.6 Å². The first kappa shape index (κ1) is 9.66. The highest BCUT2D eigenvalue weighted by atomic mass is 35.5. The van der Waals surface area contributed by atoms with E-state index in [0.29, 0.717) is 28.0 Å². The fraction of sp³-hybridized carbons (Fsp3) is 0.273. The molecule has 0 spiro atoms. The molecule has 2 aromatic rings. The molecule has 0 amide bonds. The Morgan fingerprint density at radius 1 is 1.38 bits per heavy atom. The first-order valence-electron chi connectivity index (χ1n) is 5.22. The first-order chi connectivity index (χ1) is 7.75. The Morgan fingerprint density at radius 2 is 2.19 bits per heavy atom. The number of anilines is 1. The number of nitrogens with one attached hydrogen (secondary N) is 1. The predicted octanol–water partition coefficient (Wildman–Crippen LogP) is 2.58. The van der Waals surface area contributed by atoms with Crippen molar-refractivity contribution in [2.75, 3.05) is 5.73 Å². The van der Waals surface area contributed by atoms with Gasteiger partial charge in [-0.15, -0.1) is 0 Å². The van der Waals surface area contributed by atoms with Crippen LogP contribution in [0.1, 0.15) is 24.6 Å². The summed E-state index contributed by atoms with van der Waals surface area (Å²) in [4.78, 5) is 4.43.